The average Bonchev–Trinajstić information content (AvgIpc) is 3.14. The molecule has 2 rings (SSSR count). The van der Waals surface area contributed by atoms with E-state index in [1.54, 1.807) is 24.0 Å². The molecule has 144 valence electrons. The molecule has 26 heavy (non-hydrogen) atoms. The second kappa shape index (κ2) is 9.56. The van der Waals surface area contributed by atoms with E-state index in [-0.39, 0.29) is 29.9 Å². The van der Waals surface area contributed by atoms with Gasteiger partial charge in [-0.2, -0.15) is 0 Å². The van der Waals surface area contributed by atoms with Crippen molar-refractivity contribution < 1.29 is 19.1 Å². The third-order valence-corrected chi connectivity index (χ3v) is 5.22. The third-order valence-electron chi connectivity index (χ3n) is 4.35. The third kappa shape index (κ3) is 5.45. The number of nitrogens with one attached hydrogen (secondary N) is 2. The maximum Gasteiger partial charge on any atom is 0.409 e. The van der Waals surface area contributed by atoms with Crippen molar-refractivity contribution in [3.8, 4) is 0 Å². The quantitative estimate of drug-likeness (QED) is 0.791. The molecule has 1 fully saturated rings. The standard InChI is InChI=1S/C18H27N3O4S/c1-4-25-18(24)21-9-7-13(8-10-21)19-17(23)15(12(2)3)20-16(22)14-6-5-11-26-14/h5-6,11-13,15H,4,7-10H2,1-3H3,(H,19,23)(H,20,22). The molecule has 1 aromatic heterocycles. The Bertz CT molecular complexity index is 610. The van der Waals surface area contributed by atoms with Crippen molar-refractivity contribution in [1.82, 2.24) is 15.5 Å². The van der Waals surface area contributed by atoms with Crippen LogP contribution in [0, 0.1) is 5.92 Å². The lowest BCUT2D eigenvalue weighted by atomic mass is 10.0. The van der Waals surface area contributed by atoms with Crippen LogP contribution >= 0.6 is 11.3 Å². The minimum absolute atomic E-state index is 0.00642. The van der Waals surface area contributed by atoms with Crippen LogP contribution in [-0.4, -0.2) is 54.6 Å². The Morgan fingerprint density at radius 3 is 2.54 bits per heavy atom. The highest BCUT2D eigenvalue weighted by molar-refractivity contribution is 7.12. The highest BCUT2D eigenvalue weighted by atomic mass is 32.1. The van der Waals surface area contributed by atoms with E-state index in [0.29, 0.717) is 37.4 Å². The van der Waals surface area contributed by atoms with Crippen LogP contribution < -0.4 is 10.6 Å². The molecule has 0 spiro atoms. The molecule has 7 nitrogen and oxygen atoms in total. The van der Waals surface area contributed by atoms with Crippen molar-refractivity contribution in [2.75, 3.05) is 19.7 Å². The zero-order valence-corrected chi connectivity index (χ0v) is 16.3. The summed E-state index contributed by atoms with van der Waals surface area (Å²) in [6, 6.07) is 2.95. The van der Waals surface area contributed by atoms with Crippen LogP contribution in [0.5, 0.6) is 0 Å². The van der Waals surface area contributed by atoms with Gasteiger partial charge in [0.25, 0.3) is 5.91 Å². The number of hydrogen-bond acceptors (Lipinski definition) is 5. The van der Waals surface area contributed by atoms with Crippen molar-refractivity contribution in [2.24, 2.45) is 5.92 Å². The molecule has 2 heterocycles. The maximum absolute atomic E-state index is 12.6. The number of rotatable bonds is 6. The van der Waals surface area contributed by atoms with Gasteiger partial charge >= 0.3 is 6.09 Å². The fourth-order valence-electron chi connectivity index (χ4n) is 2.87. The molecule has 3 amide bonds. The van der Waals surface area contributed by atoms with Crippen LogP contribution in [0.25, 0.3) is 0 Å². The first-order valence-corrected chi connectivity index (χ1v) is 9.86. The van der Waals surface area contributed by atoms with Crippen LogP contribution in [0.2, 0.25) is 0 Å². The highest BCUT2D eigenvalue weighted by Gasteiger charge is 2.29. The van der Waals surface area contributed by atoms with Gasteiger partial charge in [0.2, 0.25) is 5.91 Å². The molecule has 1 aliphatic rings. The van der Waals surface area contributed by atoms with E-state index in [2.05, 4.69) is 10.6 Å². The molecule has 0 saturated carbocycles. The van der Waals surface area contributed by atoms with E-state index in [4.69, 9.17) is 4.74 Å². The van der Waals surface area contributed by atoms with E-state index in [1.807, 2.05) is 19.2 Å². The molecule has 8 heteroatoms. The number of piperidine rings is 1. The Labute approximate surface area is 158 Å². The first-order chi connectivity index (χ1) is 12.4. The number of amides is 3. The lowest BCUT2D eigenvalue weighted by Gasteiger charge is -2.33. The van der Waals surface area contributed by atoms with Gasteiger partial charge in [-0.25, -0.2) is 4.79 Å². The fourth-order valence-corrected chi connectivity index (χ4v) is 3.49. The average molecular weight is 381 g/mol. The van der Waals surface area contributed by atoms with Gasteiger partial charge in [0, 0.05) is 19.1 Å². The number of carbonyl (C=O) groups is 3. The molecule has 0 radical (unpaired) electrons. The van der Waals surface area contributed by atoms with Gasteiger partial charge in [-0.15, -0.1) is 11.3 Å². The number of likely N-dealkylation sites (tertiary alicyclic amines) is 1. The van der Waals surface area contributed by atoms with Crippen molar-refractivity contribution >= 4 is 29.2 Å². The largest absolute Gasteiger partial charge is 0.450 e. The molecule has 1 saturated heterocycles. The molecule has 0 bridgehead atoms. The molecule has 0 aromatic carbocycles. The van der Waals surface area contributed by atoms with Crippen LogP contribution in [0.1, 0.15) is 43.3 Å². The van der Waals surface area contributed by atoms with Crippen LogP contribution in [0.15, 0.2) is 17.5 Å². The van der Waals surface area contributed by atoms with E-state index in [9.17, 15) is 14.4 Å². The van der Waals surface area contributed by atoms with Crippen molar-refractivity contribution in [1.29, 1.82) is 0 Å². The summed E-state index contributed by atoms with van der Waals surface area (Å²) in [5.74, 6) is -0.441. The zero-order valence-electron chi connectivity index (χ0n) is 15.5. The van der Waals surface area contributed by atoms with Gasteiger partial charge in [-0.1, -0.05) is 19.9 Å². The summed E-state index contributed by atoms with van der Waals surface area (Å²) in [5.41, 5.74) is 0. The molecular formula is C18H27N3O4S. The first-order valence-electron chi connectivity index (χ1n) is 8.98. The number of thiophene rings is 1. The summed E-state index contributed by atoms with van der Waals surface area (Å²) >= 11 is 1.35. The second-order valence-corrected chi connectivity index (χ2v) is 7.59. The van der Waals surface area contributed by atoms with E-state index in [0.717, 1.165) is 0 Å². The molecule has 1 aromatic rings. The monoisotopic (exact) mass is 381 g/mol. The lowest BCUT2D eigenvalue weighted by Crippen LogP contribution is -2.54. The first kappa shape index (κ1) is 20.2. The SMILES string of the molecule is CCOC(=O)N1CCC(NC(=O)C(NC(=O)c2cccs2)C(C)C)CC1. The number of ether oxygens (including phenoxy) is 1. The summed E-state index contributed by atoms with van der Waals surface area (Å²) in [7, 11) is 0. The van der Waals surface area contributed by atoms with Crippen molar-refractivity contribution in [2.45, 2.75) is 45.7 Å². The summed E-state index contributed by atoms with van der Waals surface area (Å²) in [6.45, 7) is 7.05. The molecule has 1 unspecified atom stereocenters. The minimum Gasteiger partial charge on any atom is -0.450 e. The van der Waals surface area contributed by atoms with Gasteiger partial charge in [0.15, 0.2) is 0 Å². The lowest BCUT2D eigenvalue weighted by molar-refractivity contribution is -0.124. The zero-order chi connectivity index (χ0) is 19.1. The summed E-state index contributed by atoms with van der Waals surface area (Å²) in [5, 5.41) is 7.67. The summed E-state index contributed by atoms with van der Waals surface area (Å²) in [4.78, 5) is 38.9. The number of hydrogen-bond donors (Lipinski definition) is 2. The Morgan fingerprint density at radius 2 is 2.00 bits per heavy atom. The molecule has 1 aliphatic heterocycles. The predicted octanol–water partition coefficient (Wildman–Crippen LogP) is 2.24. The molecule has 2 N–H and O–H groups in total. The molecular weight excluding hydrogens is 354 g/mol. The van der Waals surface area contributed by atoms with Gasteiger partial charge in [-0.3, -0.25) is 9.59 Å². The normalized spacial score (nSPS) is 16.2. The Morgan fingerprint density at radius 1 is 1.31 bits per heavy atom. The molecule has 0 aliphatic carbocycles. The Hall–Kier alpha value is -2.09. The topological polar surface area (TPSA) is 87.7 Å². The van der Waals surface area contributed by atoms with Crippen LogP contribution in [0.4, 0.5) is 4.79 Å². The maximum atomic E-state index is 12.6. The number of carbonyl (C=O) groups excluding carboxylic acids is 3. The summed E-state index contributed by atoms with van der Waals surface area (Å²) in [6.07, 6.45) is 1.04. The van der Waals surface area contributed by atoms with E-state index in [1.165, 1.54) is 11.3 Å². The van der Waals surface area contributed by atoms with Gasteiger partial charge < -0.3 is 20.3 Å². The number of nitrogens with zero attached hydrogens (tertiary/aromatic N) is 1. The van der Waals surface area contributed by atoms with Crippen molar-refractivity contribution in [3.63, 3.8) is 0 Å². The van der Waals surface area contributed by atoms with Crippen LogP contribution in [-0.2, 0) is 9.53 Å². The van der Waals surface area contributed by atoms with Gasteiger partial charge in [0.1, 0.15) is 6.04 Å². The van der Waals surface area contributed by atoms with Gasteiger partial charge in [-0.05, 0) is 37.1 Å². The smallest absolute Gasteiger partial charge is 0.409 e. The minimum atomic E-state index is -0.590. The highest BCUT2D eigenvalue weighted by Crippen LogP contribution is 2.14. The Balaban J connectivity index is 1.86. The van der Waals surface area contributed by atoms with Crippen molar-refractivity contribution in [3.05, 3.63) is 22.4 Å². The van der Waals surface area contributed by atoms with E-state index < -0.39 is 6.04 Å². The summed E-state index contributed by atoms with van der Waals surface area (Å²) < 4.78 is 5.00. The van der Waals surface area contributed by atoms with Gasteiger partial charge in [0.05, 0.1) is 11.5 Å². The molecule has 1 atom stereocenters. The van der Waals surface area contributed by atoms with Crippen LogP contribution in [0.3, 0.4) is 0 Å². The van der Waals surface area contributed by atoms with E-state index >= 15 is 0 Å². The predicted molar refractivity (Wildman–Crippen MR) is 100 cm³/mol. The second-order valence-electron chi connectivity index (χ2n) is 6.64. The fraction of sp³-hybridized carbons (Fsp3) is 0.611. The Kier molecular flexibility index (Phi) is 7.44.